The van der Waals surface area contributed by atoms with Crippen molar-refractivity contribution in [3.05, 3.63) is 63.2 Å². The summed E-state index contributed by atoms with van der Waals surface area (Å²) in [4.78, 5) is 21.5. The normalized spacial score (nSPS) is 10.0. The van der Waals surface area contributed by atoms with Gasteiger partial charge in [-0.15, -0.1) is 0 Å². The SMILES string of the molecule is COC(=O)c1cccc(Oc2ccc([N+](=O)[O-])c(Cl)c2)c1. The van der Waals surface area contributed by atoms with E-state index in [1.54, 1.807) is 18.2 Å². The lowest BCUT2D eigenvalue weighted by molar-refractivity contribution is -0.384. The molecule has 0 fully saturated rings. The lowest BCUT2D eigenvalue weighted by atomic mass is 10.2. The summed E-state index contributed by atoms with van der Waals surface area (Å²) < 4.78 is 10.1. The van der Waals surface area contributed by atoms with Crippen LogP contribution >= 0.6 is 11.6 Å². The van der Waals surface area contributed by atoms with Crippen molar-refractivity contribution < 1.29 is 19.2 Å². The van der Waals surface area contributed by atoms with Crippen molar-refractivity contribution in [3.8, 4) is 11.5 Å². The summed E-state index contributed by atoms with van der Waals surface area (Å²) in [6.45, 7) is 0. The summed E-state index contributed by atoms with van der Waals surface area (Å²) in [5.74, 6) is 0.234. The van der Waals surface area contributed by atoms with Gasteiger partial charge in [0.25, 0.3) is 5.69 Å². The average molecular weight is 308 g/mol. The fourth-order valence-corrected chi connectivity index (χ4v) is 1.88. The van der Waals surface area contributed by atoms with Gasteiger partial charge in [0, 0.05) is 12.1 Å². The minimum absolute atomic E-state index is 0.0263. The van der Waals surface area contributed by atoms with Crippen LogP contribution in [-0.2, 0) is 4.74 Å². The van der Waals surface area contributed by atoms with Gasteiger partial charge in [0.1, 0.15) is 16.5 Å². The molecule has 21 heavy (non-hydrogen) atoms. The molecule has 108 valence electrons. The van der Waals surface area contributed by atoms with Crippen LogP contribution < -0.4 is 4.74 Å². The van der Waals surface area contributed by atoms with Crippen LogP contribution in [0.5, 0.6) is 11.5 Å². The lowest BCUT2D eigenvalue weighted by Crippen LogP contribution is -2.00. The standard InChI is InChI=1S/C14H10ClNO5/c1-20-14(17)9-3-2-4-10(7-9)21-11-5-6-13(16(18)19)12(15)8-11/h2-8H,1H3. The lowest BCUT2D eigenvalue weighted by Gasteiger charge is -2.07. The topological polar surface area (TPSA) is 78.7 Å². The predicted molar refractivity (Wildman–Crippen MR) is 76.0 cm³/mol. The number of benzene rings is 2. The molecule has 2 aromatic rings. The molecule has 7 heteroatoms. The van der Waals surface area contributed by atoms with E-state index in [-0.39, 0.29) is 10.7 Å². The molecule has 0 atom stereocenters. The molecule has 0 aliphatic heterocycles. The summed E-state index contributed by atoms with van der Waals surface area (Å²) in [5, 5.41) is 10.6. The highest BCUT2D eigenvalue weighted by molar-refractivity contribution is 6.32. The molecular weight excluding hydrogens is 298 g/mol. The number of esters is 1. The number of methoxy groups -OCH3 is 1. The monoisotopic (exact) mass is 307 g/mol. The highest BCUT2D eigenvalue weighted by atomic mass is 35.5. The fourth-order valence-electron chi connectivity index (χ4n) is 1.64. The van der Waals surface area contributed by atoms with Gasteiger partial charge in [0.05, 0.1) is 17.6 Å². The number of halogens is 1. The molecule has 6 nitrogen and oxygen atoms in total. The predicted octanol–water partition coefficient (Wildman–Crippen LogP) is 3.83. The quantitative estimate of drug-likeness (QED) is 0.487. The van der Waals surface area contributed by atoms with E-state index in [2.05, 4.69) is 4.74 Å². The Hall–Kier alpha value is -2.60. The van der Waals surface area contributed by atoms with Gasteiger partial charge in [0.15, 0.2) is 0 Å². The first-order chi connectivity index (χ1) is 10.0. The van der Waals surface area contributed by atoms with Gasteiger partial charge in [-0.25, -0.2) is 4.79 Å². The number of hydrogen-bond acceptors (Lipinski definition) is 5. The number of nitrogens with zero attached hydrogens (tertiary/aromatic N) is 1. The number of nitro groups is 1. The number of hydrogen-bond donors (Lipinski definition) is 0. The van der Waals surface area contributed by atoms with E-state index in [4.69, 9.17) is 16.3 Å². The molecule has 2 rings (SSSR count). The molecule has 2 aromatic carbocycles. The number of carbonyl (C=O) groups excluding carboxylic acids is 1. The Morgan fingerprint density at radius 3 is 2.52 bits per heavy atom. The Kier molecular flexibility index (Phi) is 4.39. The molecule has 0 saturated heterocycles. The molecule has 0 aliphatic rings. The number of rotatable bonds is 4. The molecule has 0 bridgehead atoms. The van der Waals surface area contributed by atoms with Crippen molar-refractivity contribution in [2.75, 3.05) is 7.11 Å². The maximum Gasteiger partial charge on any atom is 0.337 e. The van der Waals surface area contributed by atoms with Gasteiger partial charge in [-0.3, -0.25) is 10.1 Å². The molecule has 0 unspecified atom stereocenters. The Bertz CT molecular complexity index is 702. The summed E-state index contributed by atoms with van der Waals surface area (Å²) in [5.41, 5.74) is 0.135. The van der Waals surface area contributed by atoms with E-state index in [0.29, 0.717) is 17.1 Å². The highest BCUT2D eigenvalue weighted by Gasteiger charge is 2.13. The van der Waals surface area contributed by atoms with E-state index >= 15 is 0 Å². The second-order valence-electron chi connectivity index (χ2n) is 3.99. The van der Waals surface area contributed by atoms with Crippen LogP contribution in [0.4, 0.5) is 5.69 Å². The van der Waals surface area contributed by atoms with E-state index in [1.165, 1.54) is 31.4 Å². The van der Waals surface area contributed by atoms with E-state index in [9.17, 15) is 14.9 Å². The third-order valence-corrected chi connectivity index (χ3v) is 2.91. The van der Waals surface area contributed by atoms with Crippen LogP contribution in [0.15, 0.2) is 42.5 Å². The molecular formula is C14H10ClNO5. The van der Waals surface area contributed by atoms with Crippen LogP contribution in [0.2, 0.25) is 5.02 Å². The van der Waals surface area contributed by atoms with Crippen molar-refractivity contribution in [1.82, 2.24) is 0 Å². The molecule has 0 aromatic heterocycles. The van der Waals surface area contributed by atoms with Crippen molar-refractivity contribution in [2.24, 2.45) is 0 Å². The van der Waals surface area contributed by atoms with E-state index in [0.717, 1.165) is 0 Å². The summed E-state index contributed by atoms with van der Waals surface area (Å²) >= 11 is 5.80. The van der Waals surface area contributed by atoms with Crippen molar-refractivity contribution in [3.63, 3.8) is 0 Å². The third kappa shape index (κ3) is 3.49. The number of nitro benzene ring substituents is 1. The van der Waals surface area contributed by atoms with Crippen LogP contribution in [0.3, 0.4) is 0 Å². The summed E-state index contributed by atoms with van der Waals surface area (Å²) in [6.07, 6.45) is 0. The second kappa shape index (κ2) is 6.23. The second-order valence-corrected chi connectivity index (χ2v) is 4.40. The third-order valence-electron chi connectivity index (χ3n) is 2.61. The zero-order valence-electron chi connectivity index (χ0n) is 10.9. The summed E-state index contributed by atoms with van der Waals surface area (Å²) in [6, 6.07) is 10.4. The Morgan fingerprint density at radius 2 is 1.90 bits per heavy atom. The van der Waals surface area contributed by atoms with Crippen molar-refractivity contribution in [1.29, 1.82) is 0 Å². The van der Waals surface area contributed by atoms with E-state index in [1.807, 2.05) is 0 Å². The average Bonchev–Trinajstić information content (AvgIpc) is 2.46. The molecule has 0 N–H and O–H groups in total. The first-order valence-electron chi connectivity index (χ1n) is 5.81. The van der Waals surface area contributed by atoms with E-state index < -0.39 is 10.9 Å². The molecule has 0 aliphatic carbocycles. The smallest absolute Gasteiger partial charge is 0.337 e. The minimum Gasteiger partial charge on any atom is -0.465 e. The first kappa shape index (κ1) is 14.8. The van der Waals surface area contributed by atoms with Gasteiger partial charge in [-0.05, 0) is 24.3 Å². The minimum atomic E-state index is -0.579. The Morgan fingerprint density at radius 1 is 1.19 bits per heavy atom. The number of ether oxygens (including phenoxy) is 2. The molecule has 0 radical (unpaired) electrons. The van der Waals surface area contributed by atoms with Crippen LogP contribution in [0.1, 0.15) is 10.4 Å². The Labute approximate surface area is 125 Å². The van der Waals surface area contributed by atoms with Gasteiger partial charge >= 0.3 is 5.97 Å². The van der Waals surface area contributed by atoms with Crippen molar-refractivity contribution >= 4 is 23.3 Å². The van der Waals surface area contributed by atoms with Crippen LogP contribution in [0, 0.1) is 10.1 Å². The number of carbonyl (C=O) groups is 1. The molecule has 0 spiro atoms. The molecule has 0 amide bonds. The molecule has 0 heterocycles. The van der Waals surface area contributed by atoms with Crippen LogP contribution in [0.25, 0.3) is 0 Å². The zero-order valence-corrected chi connectivity index (χ0v) is 11.7. The van der Waals surface area contributed by atoms with Gasteiger partial charge < -0.3 is 9.47 Å². The zero-order chi connectivity index (χ0) is 15.4. The Balaban J connectivity index is 2.24. The fraction of sp³-hybridized carbons (Fsp3) is 0.0714. The first-order valence-corrected chi connectivity index (χ1v) is 6.19. The van der Waals surface area contributed by atoms with Crippen molar-refractivity contribution in [2.45, 2.75) is 0 Å². The summed E-state index contributed by atoms with van der Waals surface area (Å²) in [7, 11) is 1.28. The van der Waals surface area contributed by atoms with Gasteiger partial charge in [-0.2, -0.15) is 0 Å². The maximum atomic E-state index is 11.4. The largest absolute Gasteiger partial charge is 0.465 e. The molecule has 0 saturated carbocycles. The van der Waals surface area contributed by atoms with Crippen LogP contribution in [-0.4, -0.2) is 18.0 Å². The highest BCUT2D eigenvalue weighted by Crippen LogP contribution is 2.31. The van der Waals surface area contributed by atoms with Gasteiger partial charge in [-0.1, -0.05) is 17.7 Å². The van der Waals surface area contributed by atoms with Gasteiger partial charge in [0.2, 0.25) is 0 Å². The maximum absolute atomic E-state index is 11.4.